The molecular formula is C13H22O4. The van der Waals surface area contributed by atoms with Crippen molar-refractivity contribution in [2.75, 3.05) is 13.2 Å². The minimum absolute atomic E-state index is 0.117. The number of carbonyl (C=O) groups excluding carboxylic acids is 2. The summed E-state index contributed by atoms with van der Waals surface area (Å²) in [4.78, 5) is 23.6. The molecule has 0 heterocycles. The van der Waals surface area contributed by atoms with Gasteiger partial charge >= 0.3 is 11.9 Å². The average Bonchev–Trinajstić information content (AvgIpc) is 2.25. The van der Waals surface area contributed by atoms with Gasteiger partial charge in [0.15, 0.2) is 5.92 Å². The van der Waals surface area contributed by atoms with Gasteiger partial charge in [0.1, 0.15) is 0 Å². The van der Waals surface area contributed by atoms with Crippen LogP contribution in [-0.2, 0) is 19.1 Å². The predicted molar refractivity (Wildman–Crippen MR) is 65.3 cm³/mol. The lowest BCUT2D eigenvalue weighted by Gasteiger charge is -2.24. The van der Waals surface area contributed by atoms with E-state index in [1.54, 1.807) is 19.9 Å². The highest BCUT2D eigenvalue weighted by Crippen LogP contribution is 2.25. The monoisotopic (exact) mass is 242 g/mol. The van der Waals surface area contributed by atoms with E-state index in [1.165, 1.54) is 0 Å². The van der Waals surface area contributed by atoms with E-state index in [-0.39, 0.29) is 25.0 Å². The van der Waals surface area contributed by atoms with Gasteiger partial charge in [-0.2, -0.15) is 0 Å². The second-order valence-electron chi connectivity index (χ2n) is 4.04. The first-order valence-corrected chi connectivity index (χ1v) is 5.95. The minimum Gasteiger partial charge on any atom is -0.465 e. The molecule has 0 aromatic carbocycles. The molecule has 0 aliphatic heterocycles. The third kappa shape index (κ3) is 4.59. The molecule has 0 aromatic heterocycles. The van der Waals surface area contributed by atoms with Gasteiger partial charge in [-0.25, -0.2) is 0 Å². The summed E-state index contributed by atoms with van der Waals surface area (Å²) < 4.78 is 9.83. The molecule has 17 heavy (non-hydrogen) atoms. The molecule has 98 valence electrons. The molecule has 0 bridgehead atoms. The van der Waals surface area contributed by atoms with Gasteiger partial charge in [-0.05, 0) is 19.8 Å². The highest BCUT2D eigenvalue weighted by molar-refractivity contribution is 5.95. The van der Waals surface area contributed by atoms with Crippen molar-refractivity contribution in [1.29, 1.82) is 0 Å². The molecular weight excluding hydrogens is 220 g/mol. The molecule has 0 spiro atoms. The average molecular weight is 242 g/mol. The smallest absolute Gasteiger partial charge is 0.320 e. The first-order valence-electron chi connectivity index (χ1n) is 5.95. The van der Waals surface area contributed by atoms with Crippen LogP contribution in [0.3, 0.4) is 0 Å². The van der Waals surface area contributed by atoms with E-state index in [4.69, 9.17) is 9.47 Å². The van der Waals surface area contributed by atoms with Crippen LogP contribution in [0.1, 0.15) is 27.7 Å². The lowest BCUT2D eigenvalue weighted by molar-refractivity contribution is -0.164. The van der Waals surface area contributed by atoms with Gasteiger partial charge in [-0.15, -0.1) is 6.58 Å². The van der Waals surface area contributed by atoms with Crippen LogP contribution in [0.5, 0.6) is 0 Å². The van der Waals surface area contributed by atoms with Crippen molar-refractivity contribution >= 4 is 11.9 Å². The van der Waals surface area contributed by atoms with Crippen LogP contribution in [0, 0.1) is 17.8 Å². The fourth-order valence-electron chi connectivity index (χ4n) is 1.67. The standard InChI is InChI=1S/C13H22O4/c1-6-10(9(4)5)11(12(14)16-7-2)13(15)17-8-3/h6,9-11H,1,7-8H2,2-5H3/t10-/m1/s1. The molecule has 4 nitrogen and oxygen atoms in total. The molecule has 0 fully saturated rings. The quantitative estimate of drug-likeness (QED) is 0.390. The van der Waals surface area contributed by atoms with Crippen LogP contribution in [0.4, 0.5) is 0 Å². The van der Waals surface area contributed by atoms with Gasteiger partial charge in [0.2, 0.25) is 0 Å². The van der Waals surface area contributed by atoms with E-state index in [0.29, 0.717) is 0 Å². The summed E-state index contributed by atoms with van der Waals surface area (Å²) in [7, 11) is 0. The summed E-state index contributed by atoms with van der Waals surface area (Å²) in [6.45, 7) is 11.4. The molecule has 1 atom stereocenters. The molecule has 0 N–H and O–H groups in total. The normalized spacial score (nSPS) is 12.4. The van der Waals surface area contributed by atoms with Gasteiger partial charge in [-0.1, -0.05) is 19.9 Å². The van der Waals surface area contributed by atoms with Crippen molar-refractivity contribution in [2.24, 2.45) is 17.8 Å². The van der Waals surface area contributed by atoms with Gasteiger partial charge in [0.25, 0.3) is 0 Å². The lowest BCUT2D eigenvalue weighted by atomic mass is 9.83. The lowest BCUT2D eigenvalue weighted by Crippen LogP contribution is -2.36. The molecule has 0 aliphatic rings. The maximum atomic E-state index is 11.8. The third-order valence-electron chi connectivity index (χ3n) is 2.51. The Morgan fingerprint density at radius 2 is 1.53 bits per heavy atom. The summed E-state index contributed by atoms with van der Waals surface area (Å²) in [5.41, 5.74) is 0. The maximum absolute atomic E-state index is 11.8. The van der Waals surface area contributed by atoms with Crippen LogP contribution < -0.4 is 0 Å². The van der Waals surface area contributed by atoms with E-state index in [9.17, 15) is 9.59 Å². The fourth-order valence-corrected chi connectivity index (χ4v) is 1.67. The van der Waals surface area contributed by atoms with Crippen molar-refractivity contribution in [2.45, 2.75) is 27.7 Å². The number of allylic oxidation sites excluding steroid dienone is 1. The largest absolute Gasteiger partial charge is 0.465 e. The number of carbonyl (C=O) groups is 2. The van der Waals surface area contributed by atoms with Crippen molar-refractivity contribution in [3.05, 3.63) is 12.7 Å². The van der Waals surface area contributed by atoms with Crippen LogP contribution in [0.15, 0.2) is 12.7 Å². The molecule has 0 unspecified atom stereocenters. The molecule has 0 rings (SSSR count). The molecule has 0 radical (unpaired) electrons. The first kappa shape index (κ1) is 15.7. The highest BCUT2D eigenvalue weighted by atomic mass is 16.6. The van der Waals surface area contributed by atoms with E-state index >= 15 is 0 Å². The minimum atomic E-state index is -0.910. The van der Waals surface area contributed by atoms with E-state index in [2.05, 4.69) is 6.58 Å². The molecule has 0 amide bonds. The number of rotatable bonds is 7. The van der Waals surface area contributed by atoms with Crippen molar-refractivity contribution < 1.29 is 19.1 Å². The number of esters is 2. The molecule has 0 saturated carbocycles. The Labute approximate surface area is 103 Å². The van der Waals surface area contributed by atoms with E-state index in [0.717, 1.165) is 0 Å². The Hall–Kier alpha value is -1.32. The molecule has 0 aliphatic carbocycles. The van der Waals surface area contributed by atoms with Crippen molar-refractivity contribution in [3.63, 3.8) is 0 Å². The first-order chi connectivity index (χ1) is 7.99. The van der Waals surface area contributed by atoms with E-state index < -0.39 is 17.9 Å². The Morgan fingerprint density at radius 1 is 1.12 bits per heavy atom. The van der Waals surface area contributed by atoms with E-state index in [1.807, 2.05) is 13.8 Å². The summed E-state index contributed by atoms with van der Waals surface area (Å²) in [6.07, 6.45) is 1.61. The number of hydrogen-bond acceptors (Lipinski definition) is 4. The topological polar surface area (TPSA) is 52.6 Å². The zero-order chi connectivity index (χ0) is 13.4. The number of hydrogen-bond donors (Lipinski definition) is 0. The summed E-state index contributed by atoms with van der Waals surface area (Å²) >= 11 is 0. The Morgan fingerprint density at radius 3 is 1.76 bits per heavy atom. The predicted octanol–water partition coefficient (Wildman–Crippen LogP) is 2.19. The zero-order valence-electron chi connectivity index (χ0n) is 11.1. The molecule has 0 aromatic rings. The summed E-state index contributed by atoms with van der Waals surface area (Å²) in [5, 5.41) is 0. The Balaban J connectivity index is 5.00. The summed E-state index contributed by atoms with van der Waals surface area (Å²) in [5.74, 6) is -2.14. The van der Waals surface area contributed by atoms with Gasteiger partial charge in [0, 0.05) is 5.92 Å². The Kier molecular flexibility index (Phi) is 7.26. The molecule has 4 heteroatoms. The second kappa shape index (κ2) is 7.87. The van der Waals surface area contributed by atoms with Crippen LogP contribution in [0.2, 0.25) is 0 Å². The van der Waals surface area contributed by atoms with Crippen molar-refractivity contribution in [1.82, 2.24) is 0 Å². The number of ether oxygens (including phenoxy) is 2. The SMILES string of the molecule is C=C[C@H](C(C)C)C(C(=O)OCC)C(=O)OCC. The highest BCUT2D eigenvalue weighted by Gasteiger charge is 2.37. The van der Waals surface area contributed by atoms with Crippen LogP contribution >= 0.6 is 0 Å². The molecule has 0 saturated heterocycles. The van der Waals surface area contributed by atoms with Crippen LogP contribution in [0.25, 0.3) is 0 Å². The van der Waals surface area contributed by atoms with Crippen molar-refractivity contribution in [3.8, 4) is 0 Å². The second-order valence-corrected chi connectivity index (χ2v) is 4.04. The van der Waals surface area contributed by atoms with Gasteiger partial charge in [-0.3, -0.25) is 9.59 Å². The van der Waals surface area contributed by atoms with Gasteiger partial charge in [0.05, 0.1) is 13.2 Å². The third-order valence-corrected chi connectivity index (χ3v) is 2.51. The summed E-state index contributed by atoms with van der Waals surface area (Å²) in [6, 6.07) is 0. The maximum Gasteiger partial charge on any atom is 0.320 e. The van der Waals surface area contributed by atoms with Gasteiger partial charge < -0.3 is 9.47 Å². The fraction of sp³-hybridized carbons (Fsp3) is 0.692. The Bertz CT molecular complexity index is 253. The van der Waals surface area contributed by atoms with Crippen LogP contribution in [-0.4, -0.2) is 25.2 Å². The zero-order valence-corrected chi connectivity index (χ0v) is 11.1.